The third kappa shape index (κ3) is 16.9. The third-order valence-electron chi connectivity index (χ3n) is 3.59. The molecule has 0 radical (unpaired) electrons. The number of allylic oxidation sites excluding steroid dienone is 4. The van der Waals surface area contributed by atoms with E-state index >= 15 is 0 Å². The van der Waals surface area contributed by atoms with Gasteiger partial charge in [0.05, 0.1) is 7.11 Å². The molecule has 0 amide bonds. The topological polar surface area (TPSA) is 26.3 Å². The van der Waals surface area contributed by atoms with E-state index in [-0.39, 0.29) is 5.97 Å². The zero-order valence-corrected chi connectivity index (χ0v) is 14.1. The van der Waals surface area contributed by atoms with Crippen LogP contribution < -0.4 is 0 Å². The molecule has 21 heavy (non-hydrogen) atoms. The zero-order chi connectivity index (χ0) is 15.6. The van der Waals surface area contributed by atoms with E-state index in [1.165, 1.54) is 64.9 Å². The first-order valence-corrected chi connectivity index (χ1v) is 8.69. The van der Waals surface area contributed by atoms with E-state index in [1.807, 2.05) is 0 Å². The Balaban J connectivity index is 3.19. The maximum atomic E-state index is 10.9. The van der Waals surface area contributed by atoms with Crippen LogP contribution in [0.2, 0.25) is 0 Å². The van der Waals surface area contributed by atoms with Crippen molar-refractivity contribution in [1.82, 2.24) is 0 Å². The molecule has 0 aliphatic heterocycles. The number of carbonyl (C=O) groups excluding carboxylic acids is 1. The summed E-state index contributed by atoms with van der Waals surface area (Å²) in [5.41, 5.74) is 0. The molecule has 2 nitrogen and oxygen atoms in total. The summed E-state index contributed by atoms with van der Waals surface area (Å²) >= 11 is 0. The Hall–Kier alpha value is -1.05. The first kappa shape index (κ1) is 19.9. The lowest BCUT2D eigenvalue weighted by atomic mass is 10.1. The summed E-state index contributed by atoms with van der Waals surface area (Å²) in [5.74, 6) is -0.0807. The summed E-state index contributed by atoms with van der Waals surface area (Å²) in [4.78, 5) is 10.9. The van der Waals surface area contributed by atoms with Crippen LogP contribution in [0.15, 0.2) is 24.3 Å². The summed E-state index contributed by atoms with van der Waals surface area (Å²) in [6.07, 6.45) is 23.0. The van der Waals surface area contributed by atoms with Gasteiger partial charge in [-0.25, -0.2) is 0 Å². The van der Waals surface area contributed by atoms with Gasteiger partial charge in [0.25, 0.3) is 0 Å². The van der Waals surface area contributed by atoms with Gasteiger partial charge in [-0.15, -0.1) is 0 Å². The van der Waals surface area contributed by atoms with Crippen LogP contribution in [0.4, 0.5) is 0 Å². The van der Waals surface area contributed by atoms with E-state index in [1.54, 1.807) is 0 Å². The molecule has 0 aromatic carbocycles. The molecule has 0 fully saturated rings. The van der Waals surface area contributed by atoms with E-state index in [2.05, 4.69) is 36.0 Å². The van der Waals surface area contributed by atoms with Crippen LogP contribution in [0, 0.1) is 0 Å². The van der Waals surface area contributed by atoms with Crippen molar-refractivity contribution in [3.63, 3.8) is 0 Å². The number of rotatable bonds is 14. The molecule has 0 atom stereocenters. The van der Waals surface area contributed by atoms with Gasteiger partial charge < -0.3 is 4.74 Å². The van der Waals surface area contributed by atoms with E-state index < -0.39 is 0 Å². The Morgan fingerprint density at radius 2 is 1.33 bits per heavy atom. The van der Waals surface area contributed by atoms with Gasteiger partial charge in [0.2, 0.25) is 0 Å². The van der Waals surface area contributed by atoms with Gasteiger partial charge in [-0.3, -0.25) is 4.79 Å². The lowest BCUT2D eigenvalue weighted by Gasteiger charge is -2.00. The number of methoxy groups -OCH3 is 1. The van der Waals surface area contributed by atoms with Crippen molar-refractivity contribution in [2.45, 2.75) is 84.0 Å². The van der Waals surface area contributed by atoms with Crippen LogP contribution >= 0.6 is 0 Å². The first-order chi connectivity index (χ1) is 10.3. The van der Waals surface area contributed by atoms with Crippen molar-refractivity contribution in [2.24, 2.45) is 0 Å². The normalized spacial score (nSPS) is 11.5. The van der Waals surface area contributed by atoms with Gasteiger partial charge in [-0.05, 0) is 32.1 Å². The van der Waals surface area contributed by atoms with Gasteiger partial charge >= 0.3 is 5.97 Å². The van der Waals surface area contributed by atoms with E-state index in [0.29, 0.717) is 6.42 Å². The lowest BCUT2D eigenvalue weighted by molar-refractivity contribution is -0.140. The number of esters is 1. The maximum Gasteiger partial charge on any atom is 0.305 e. The Labute approximate surface area is 131 Å². The second kappa shape index (κ2) is 17.0. The van der Waals surface area contributed by atoms with Crippen LogP contribution in [0.3, 0.4) is 0 Å². The first-order valence-electron chi connectivity index (χ1n) is 8.69. The Kier molecular flexibility index (Phi) is 16.2. The van der Waals surface area contributed by atoms with Crippen LogP contribution in [-0.2, 0) is 9.53 Å². The molecular formula is C19H34O2. The van der Waals surface area contributed by atoms with E-state index in [9.17, 15) is 4.79 Å². The van der Waals surface area contributed by atoms with Gasteiger partial charge in [-0.1, -0.05) is 69.8 Å². The van der Waals surface area contributed by atoms with Gasteiger partial charge in [-0.2, -0.15) is 0 Å². The monoisotopic (exact) mass is 294 g/mol. The minimum atomic E-state index is -0.0807. The minimum Gasteiger partial charge on any atom is -0.469 e. The molecule has 0 unspecified atom stereocenters. The number of unbranched alkanes of at least 4 members (excludes halogenated alkanes) is 9. The van der Waals surface area contributed by atoms with E-state index in [0.717, 1.165) is 12.8 Å². The second-order valence-corrected chi connectivity index (χ2v) is 5.59. The average Bonchev–Trinajstić information content (AvgIpc) is 2.50. The molecule has 0 spiro atoms. The van der Waals surface area contributed by atoms with Gasteiger partial charge in [0.15, 0.2) is 0 Å². The lowest BCUT2D eigenvalue weighted by Crippen LogP contribution is -1.99. The summed E-state index contributed by atoms with van der Waals surface area (Å²) in [7, 11) is 1.45. The molecule has 0 saturated carbocycles. The number of hydrogen-bond donors (Lipinski definition) is 0. The molecule has 0 aliphatic rings. The molecule has 122 valence electrons. The van der Waals surface area contributed by atoms with Crippen molar-refractivity contribution in [3.8, 4) is 0 Å². The fourth-order valence-electron chi connectivity index (χ4n) is 2.20. The molecule has 0 aliphatic carbocycles. The molecule has 0 aromatic rings. The largest absolute Gasteiger partial charge is 0.469 e. The number of ether oxygens (including phenoxy) is 1. The number of hydrogen-bond acceptors (Lipinski definition) is 2. The summed E-state index contributed by atoms with van der Waals surface area (Å²) in [5, 5.41) is 0. The molecule has 0 N–H and O–H groups in total. The van der Waals surface area contributed by atoms with Crippen molar-refractivity contribution >= 4 is 5.97 Å². The highest BCUT2D eigenvalue weighted by molar-refractivity contribution is 5.68. The van der Waals surface area contributed by atoms with Gasteiger partial charge in [0, 0.05) is 6.42 Å². The maximum absolute atomic E-state index is 10.9. The highest BCUT2D eigenvalue weighted by Crippen LogP contribution is 2.09. The van der Waals surface area contributed by atoms with Crippen LogP contribution in [0.1, 0.15) is 84.0 Å². The summed E-state index contributed by atoms with van der Waals surface area (Å²) < 4.78 is 4.62. The van der Waals surface area contributed by atoms with Crippen LogP contribution in [-0.4, -0.2) is 13.1 Å². The van der Waals surface area contributed by atoms with Crippen molar-refractivity contribution < 1.29 is 9.53 Å². The molecule has 2 heteroatoms. The standard InChI is InChI=1S/C19H34O2/c1-3-4-5-6-7-8-9-10-11-12-13-14-15-16-17-18-19(20)21-2/h7-10H,3-6,11-18H2,1-2H3/b8-7-,10-9+. The molecule has 0 heterocycles. The predicted octanol–water partition coefficient (Wildman–Crippen LogP) is 5.97. The SMILES string of the molecule is CCCCC/C=C\C=C\CCCCCCCCC(=O)OC. The van der Waals surface area contributed by atoms with E-state index in [4.69, 9.17) is 0 Å². The van der Waals surface area contributed by atoms with Crippen molar-refractivity contribution in [1.29, 1.82) is 0 Å². The molecular weight excluding hydrogens is 260 g/mol. The zero-order valence-electron chi connectivity index (χ0n) is 14.1. The second-order valence-electron chi connectivity index (χ2n) is 5.59. The highest BCUT2D eigenvalue weighted by Gasteiger charge is 1.98. The minimum absolute atomic E-state index is 0.0807. The van der Waals surface area contributed by atoms with Crippen LogP contribution in [0.25, 0.3) is 0 Å². The van der Waals surface area contributed by atoms with Crippen LogP contribution in [0.5, 0.6) is 0 Å². The summed E-state index contributed by atoms with van der Waals surface area (Å²) in [6.45, 7) is 2.24. The molecule has 0 bridgehead atoms. The quantitative estimate of drug-likeness (QED) is 0.224. The highest BCUT2D eigenvalue weighted by atomic mass is 16.5. The smallest absolute Gasteiger partial charge is 0.305 e. The molecule has 0 aromatic heterocycles. The van der Waals surface area contributed by atoms with Crippen molar-refractivity contribution in [2.75, 3.05) is 7.11 Å². The molecule has 0 saturated heterocycles. The number of carbonyl (C=O) groups is 1. The average molecular weight is 294 g/mol. The molecule has 0 rings (SSSR count). The van der Waals surface area contributed by atoms with Gasteiger partial charge in [0.1, 0.15) is 0 Å². The fraction of sp³-hybridized carbons (Fsp3) is 0.737. The predicted molar refractivity (Wildman–Crippen MR) is 91.4 cm³/mol. The van der Waals surface area contributed by atoms with Crippen molar-refractivity contribution in [3.05, 3.63) is 24.3 Å². The Morgan fingerprint density at radius 1 is 0.810 bits per heavy atom. The Bertz CT molecular complexity index is 279. The Morgan fingerprint density at radius 3 is 1.90 bits per heavy atom. The fourth-order valence-corrected chi connectivity index (χ4v) is 2.20. The third-order valence-corrected chi connectivity index (χ3v) is 3.59. The summed E-state index contributed by atoms with van der Waals surface area (Å²) in [6, 6.07) is 0.